The predicted octanol–water partition coefficient (Wildman–Crippen LogP) is 4.05. The van der Waals surface area contributed by atoms with Crippen LogP contribution in [0.1, 0.15) is 5.56 Å². The van der Waals surface area contributed by atoms with Gasteiger partial charge in [-0.25, -0.2) is 0 Å². The Hall–Kier alpha value is -1.47. The van der Waals surface area contributed by atoms with Gasteiger partial charge in [-0.3, -0.25) is 0 Å². The molecular weight excluding hydrogens is 257 g/mol. The van der Waals surface area contributed by atoms with Crippen molar-refractivity contribution in [3.05, 3.63) is 75.0 Å². The van der Waals surface area contributed by atoms with E-state index in [0.29, 0.717) is 27.2 Å². The minimum atomic E-state index is 0.318. The van der Waals surface area contributed by atoms with Crippen LogP contribution in [0.2, 0.25) is 5.02 Å². The SMILES string of the molecule is [O-]/N=C(\C1=C=C[C](Cl)C=C1)c1ccc(Cl)cc1. The van der Waals surface area contributed by atoms with E-state index in [-0.39, 0.29) is 0 Å². The van der Waals surface area contributed by atoms with Crippen molar-refractivity contribution in [2.24, 2.45) is 5.16 Å². The fourth-order valence-electron chi connectivity index (χ4n) is 1.42. The zero-order chi connectivity index (χ0) is 12.3. The molecule has 0 aromatic heterocycles. The molecule has 1 aromatic carbocycles. The lowest BCUT2D eigenvalue weighted by Gasteiger charge is -2.10. The first kappa shape index (κ1) is 12.0. The third-order valence-corrected chi connectivity index (χ3v) is 2.73. The Kier molecular flexibility index (Phi) is 3.70. The maximum atomic E-state index is 10.9. The van der Waals surface area contributed by atoms with Crippen molar-refractivity contribution in [1.82, 2.24) is 0 Å². The number of hydrogen-bond acceptors (Lipinski definition) is 2. The predicted molar refractivity (Wildman–Crippen MR) is 71.2 cm³/mol. The summed E-state index contributed by atoms with van der Waals surface area (Å²) in [4.78, 5) is 0. The molecular formula is C13H7Cl2NO-. The molecule has 4 heteroatoms. The third-order valence-electron chi connectivity index (χ3n) is 2.24. The maximum Gasteiger partial charge on any atom is 0.115 e. The standard InChI is InChI=1S/C13H8Cl2NO/c14-11-5-1-9(2-6-11)13(16-17)10-3-7-12(15)8-4-10/h1-3,5-8,17H/p-1/b16-13-. The van der Waals surface area contributed by atoms with Crippen molar-refractivity contribution in [2.45, 2.75) is 0 Å². The molecule has 1 radical (unpaired) electrons. The quantitative estimate of drug-likeness (QED) is 0.451. The van der Waals surface area contributed by atoms with E-state index in [0.717, 1.165) is 0 Å². The summed E-state index contributed by atoms with van der Waals surface area (Å²) in [5.41, 5.74) is 4.52. The summed E-state index contributed by atoms with van der Waals surface area (Å²) in [6, 6.07) is 6.89. The second-order valence-electron chi connectivity index (χ2n) is 3.37. The van der Waals surface area contributed by atoms with Crippen molar-refractivity contribution < 1.29 is 0 Å². The summed E-state index contributed by atoms with van der Waals surface area (Å²) in [6.45, 7) is 0. The Labute approximate surface area is 109 Å². The highest BCUT2D eigenvalue weighted by Crippen LogP contribution is 2.20. The number of allylic oxidation sites excluding steroid dienone is 3. The molecule has 85 valence electrons. The van der Waals surface area contributed by atoms with E-state index in [9.17, 15) is 5.21 Å². The molecule has 1 aromatic rings. The zero-order valence-corrected chi connectivity index (χ0v) is 10.2. The molecule has 1 aliphatic carbocycles. The molecule has 0 aliphatic heterocycles. The van der Waals surface area contributed by atoms with Crippen molar-refractivity contribution in [3.63, 3.8) is 0 Å². The Bertz CT molecular complexity index is 537. The van der Waals surface area contributed by atoms with Gasteiger partial charge >= 0.3 is 0 Å². The molecule has 0 spiro atoms. The lowest BCUT2D eigenvalue weighted by molar-refractivity contribution is 1.50. The molecule has 0 N–H and O–H groups in total. The van der Waals surface area contributed by atoms with Crippen LogP contribution in [0.5, 0.6) is 0 Å². The summed E-state index contributed by atoms with van der Waals surface area (Å²) in [6.07, 6.45) is 4.99. The van der Waals surface area contributed by atoms with E-state index in [2.05, 4.69) is 10.9 Å². The molecule has 2 rings (SSSR count). The molecule has 0 unspecified atom stereocenters. The van der Waals surface area contributed by atoms with E-state index >= 15 is 0 Å². The first-order valence-electron chi connectivity index (χ1n) is 4.84. The van der Waals surface area contributed by atoms with E-state index in [4.69, 9.17) is 23.2 Å². The lowest BCUT2D eigenvalue weighted by Crippen LogP contribution is -2.03. The minimum absolute atomic E-state index is 0.318. The average Bonchev–Trinajstić information content (AvgIpc) is 2.35. The van der Waals surface area contributed by atoms with Gasteiger partial charge in [-0.15, -0.1) is 17.3 Å². The molecule has 0 saturated carbocycles. The van der Waals surface area contributed by atoms with Crippen LogP contribution in [0.3, 0.4) is 0 Å². The zero-order valence-electron chi connectivity index (χ0n) is 8.65. The topological polar surface area (TPSA) is 35.4 Å². The van der Waals surface area contributed by atoms with Crippen LogP contribution in [0, 0.1) is 10.6 Å². The van der Waals surface area contributed by atoms with Crippen molar-refractivity contribution >= 4 is 28.9 Å². The van der Waals surface area contributed by atoms with Gasteiger partial charge in [0, 0.05) is 16.2 Å². The first-order chi connectivity index (χ1) is 8.20. The normalized spacial score (nSPS) is 16.1. The summed E-state index contributed by atoms with van der Waals surface area (Å²) >= 11 is 11.5. The van der Waals surface area contributed by atoms with Crippen LogP contribution >= 0.6 is 23.2 Å². The molecule has 0 amide bonds. The fraction of sp³-hybridized carbons (Fsp3) is 0. The number of benzene rings is 1. The highest BCUT2D eigenvalue weighted by Gasteiger charge is 2.09. The molecule has 0 atom stereocenters. The molecule has 1 aliphatic rings. The van der Waals surface area contributed by atoms with Gasteiger partial charge in [0.05, 0.1) is 5.71 Å². The van der Waals surface area contributed by atoms with Gasteiger partial charge < -0.3 is 10.4 Å². The summed E-state index contributed by atoms with van der Waals surface area (Å²) in [5.74, 6) is 0. The number of nitrogens with zero attached hydrogens (tertiary/aromatic N) is 1. The smallest absolute Gasteiger partial charge is 0.115 e. The van der Waals surface area contributed by atoms with E-state index in [1.165, 1.54) is 0 Å². The van der Waals surface area contributed by atoms with Gasteiger partial charge in [-0.05, 0) is 24.3 Å². The third kappa shape index (κ3) is 2.80. The molecule has 0 heterocycles. The van der Waals surface area contributed by atoms with E-state index in [1.807, 2.05) is 0 Å². The monoisotopic (exact) mass is 263 g/mol. The van der Waals surface area contributed by atoms with Gasteiger partial charge in [0.15, 0.2) is 0 Å². The molecule has 0 fully saturated rings. The van der Waals surface area contributed by atoms with Crippen LogP contribution in [-0.2, 0) is 0 Å². The molecule has 2 nitrogen and oxygen atoms in total. The maximum absolute atomic E-state index is 10.9. The van der Waals surface area contributed by atoms with Gasteiger partial charge in [0.1, 0.15) is 5.38 Å². The van der Waals surface area contributed by atoms with Crippen molar-refractivity contribution in [1.29, 1.82) is 0 Å². The number of rotatable bonds is 2. The molecule has 0 saturated heterocycles. The Morgan fingerprint density at radius 2 is 1.82 bits per heavy atom. The number of hydrogen-bond donors (Lipinski definition) is 0. The summed E-state index contributed by atoms with van der Waals surface area (Å²) in [7, 11) is 0. The highest BCUT2D eigenvalue weighted by atomic mass is 35.5. The average molecular weight is 264 g/mol. The van der Waals surface area contributed by atoms with Gasteiger partial charge in [-0.1, -0.05) is 29.8 Å². The highest BCUT2D eigenvalue weighted by molar-refractivity contribution is 6.31. The second-order valence-corrected chi connectivity index (χ2v) is 4.24. The molecule has 17 heavy (non-hydrogen) atoms. The Morgan fingerprint density at radius 3 is 2.35 bits per heavy atom. The van der Waals surface area contributed by atoms with Crippen LogP contribution in [0.15, 0.2) is 59.0 Å². The minimum Gasteiger partial charge on any atom is -0.791 e. The Balaban J connectivity index is 2.40. The van der Waals surface area contributed by atoms with Crippen molar-refractivity contribution in [3.8, 4) is 0 Å². The van der Waals surface area contributed by atoms with E-state index in [1.54, 1.807) is 42.5 Å². The van der Waals surface area contributed by atoms with Crippen LogP contribution in [-0.4, -0.2) is 5.71 Å². The first-order valence-corrected chi connectivity index (χ1v) is 5.60. The van der Waals surface area contributed by atoms with Crippen LogP contribution < -0.4 is 0 Å². The fourth-order valence-corrected chi connectivity index (χ4v) is 1.66. The van der Waals surface area contributed by atoms with Crippen molar-refractivity contribution in [2.75, 3.05) is 0 Å². The van der Waals surface area contributed by atoms with Crippen LogP contribution in [0.25, 0.3) is 0 Å². The Morgan fingerprint density at radius 1 is 1.12 bits per heavy atom. The van der Waals surface area contributed by atoms with E-state index < -0.39 is 0 Å². The number of halogens is 2. The second kappa shape index (κ2) is 5.24. The summed E-state index contributed by atoms with van der Waals surface area (Å²) < 4.78 is 0. The van der Waals surface area contributed by atoms with Gasteiger partial charge in [-0.2, -0.15) is 0 Å². The summed E-state index contributed by atoms with van der Waals surface area (Å²) in [5, 5.41) is 15.1. The van der Waals surface area contributed by atoms with Gasteiger partial charge in [0.2, 0.25) is 0 Å². The molecule has 0 bridgehead atoms. The van der Waals surface area contributed by atoms with Gasteiger partial charge in [0.25, 0.3) is 0 Å². The van der Waals surface area contributed by atoms with Crippen LogP contribution in [0.4, 0.5) is 0 Å². The lowest BCUT2D eigenvalue weighted by atomic mass is 10.0. The largest absolute Gasteiger partial charge is 0.791 e.